The fourth-order valence-electron chi connectivity index (χ4n) is 4.13. The summed E-state index contributed by atoms with van der Waals surface area (Å²) in [6, 6.07) is 11.4. The number of aromatic nitrogens is 2. The minimum atomic E-state index is -1.75. The molecule has 0 saturated carbocycles. The minimum absolute atomic E-state index is 0.0767. The van der Waals surface area contributed by atoms with Crippen LogP contribution in [0.3, 0.4) is 0 Å². The third kappa shape index (κ3) is 4.20. The monoisotopic (exact) mass is 479 g/mol. The van der Waals surface area contributed by atoms with E-state index >= 15 is 0 Å². The van der Waals surface area contributed by atoms with E-state index in [1.54, 1.807) is 54.4 Å². The molecule has 0 radical (unpaired) electrons. The van der Waals surface area contributed by atoms with Gasteiger partial charge in [0.25, 0.3) is 17.7 Å². The Morgan fingerprint density at radius 1 is 1.20 bits per heavy atom. The number of H-pyrrole nitrogens is 1. The second kappa shape index (κ2) is 8.81. The van der Waals surface area contributed by atoms with Crippen molar-refractivity contribution in [2.24, 2.45) is 0 Å². The van der Waals surface area contributed by atoms with Crippen LogP contribution in [0.15, 0.2) is 51.8 Å². The fourth-order valence-corrected chi connectivity index (χ4v) is 4.13. The number of aliphatic hydroxyl groups is 1. The lowest BCUT2D eigenvalue weighted by Crippen LogP contribution is -2.55. The Morgan fingerprint density at radius 3 is 2.69 bits per heavy atom. The summed E-state index contributed by atoms with van der Waals surface area (Å²) < 4.78 is 9.92. The second-order valence-corrected chi connectivity index (χ2v) is 8.24. The normalized spacial score (nSPS) is 18.5. The van der Waals surface area contributed by atoms with Gasteiger partial charge in [-0.2, -0.15) is 0 Å². The number of carbonyl (C=O) groups is 3. The van der Waals surface area contributed by atoms with E-state index in [9.17, 15) is 24.3 Å². The van der Waals surface area contributed by atoms with Crippen molar-refractivity contribution in [2.45, 2.75) is 18.8 Å². The molecule has 1 aromatic heterocycles. The molecule has 35 heavy (non-hydrogen) atoms. The van der Waals surface area contributed by atoms with Gasteiger partial charge in [-0.05, 0) is 48.0 Å². The zero-order valence-corrected chi connectivity index (χ0v) is 18.6. The first-order valence-electron chi connectivity index (χ1n) is 10.8. The number of fused-ring (bicyclic) bond motifs is 1. The Labute approximate surface area is 198 Å². The van der Waals surface area contributed by atoms with Crippen molar-refractivity contribution in [3.8, 4) is 11.4 Å². The van der Waals surface area contributed by atoms with Crippen molar-refractivity contribution in [3.05, 3.63) is 64.1 Å². The van der Waals surface area contributed by atoms with Gasteiger partial charge in [-0.15, -0.1) is 0 Å². The maximum Gasteiger partial charge on any atom is 0.439 e. The minimum Gasteiger partial charge on any atom is -0.380 e. The Morgan fingerprint density at radius 2 is 1.97 bits per heavy atom. The van der Waals surface area contributed by atoms with Crippen LogP contribution in [0.4, 0.5) is 11.4 Å². The Bertz CT molecular complexity index is 1360. The highest BCUT2D eigenvalue weighted by atomic mass is 16.5. The Balaban J connectivity index is 1.27. The number of hydrogen-bond acceptors (Lipinski definition) is 8. The molecule has 1 saturated heterocycles. The first-order chi connectivity index (χ1) is 16.8. The molecule has 3 aromatic rings. The summed E-state index contributed by atoms with van der Waals surface area (Å²) in [6.07, 6.45) is -3.14. The summed E-state index contributed by atoms with van der Waals surface area (Å²) in [5, 5.41) is 16.7. The summed E-state index contributed by atoms with van der Waals surface area (Å²) in [5.41, 5.74) is 2.88. The number of anilines is 2. The van der Waals surface area contributed by atoms with Crippen LogP contribution in [0.5, 0.6) is 0 Å². The number of morpholine rings is 1. The maximum absolute atomic E-state index is 13.1. The highest BCUT2D eigenvalue weighted by Gasteiger charge is 2.39. The molecule has 12 heteroatoms. The highest BCUT2D eigenvalue weighted by Crippen LogP contribution is 2.28. The quantitative estimate of drug-likeness (QED) is 0.473. The molecule has 3 N–H and O–H groups in total. The number of nitrogens with one attached hydrogen (secondary N) is 2. The molecule has 2 atom stereocenters. The summed E-state index contributed by atoms with van der Waals surface area (Å²) in [6.45, 7) is 0.819. The van der Waals surface area contributed by atoms with Gasteiger partial charge in [-0.25, -0.2) is 4.79 Å². The Hall–Kier alpha value is -4.29. The smallest absolute Gasteiger partial charge is 0.380 e. The average Bonchev–Trinajstić information content (AvgIpc) is 3.41. The molecule has 2 aliphatic heterocycles. The van der Waals surface area contributed by atoms with E-state index in [4.69, 9.17) is 4.74 Å². The van der Waals surface area contributed by atoms with Gasteiger partial charge in [0.05, 0.1) is 6.61 Å². The number of aromatic amines is 1. The van der Waals surface area contributed by atoms with Crippen LogP contribution in [0.2, 0.25) is 0 Å². The average molecular weight is 479 g/mol. The number of ether oxygens (including phenoxy) is 1. The lowest BCUT2D eigenvalue weighted by atomic mass is 10.1. The fraction of sp³-hybridized carbons (Fsp3) is 0.261. The molecule has 0 spiro atoms. The van der Waals surface area contributed by atoms with Crippen LogP contribution >= 0.6 is 0 Å². The van der Waals surface area contributed by atoms with Gasteiger partial charge in [-0.1, -0.05) is 5.16 Å². The molecule has 2 unspecified atom stereocenters. The number of nitrogens with zero attached hydrogens (tertiary/aromatic N) is 3. The predicted molar refractivity (Wildman–Crippen MR) is 122 cm³/mol. The SMILES string of the molecule is CN1Cc2cc(N3CCOC(C(O)C(=O)Nc4ccc(-c5noc(=O)[nH]5)cc4)C3=O)ccc2C1=O. The standard InChI is InChI=1S/C23H21N5O7/c1-27-11-13-10-15(6-7-16(13)21(27)31)28-8-9-34-18(22(28)32)17(29)20(30)24-14-4-2-12(3-5-14)19-25-23(33)35-26-19/h2-7,10,17-18,29H,8-9,11H2,1H3,(H,24,30)(H,25,26,33). The number of amides is 3. The summed E-state index contributed by atoms with van der Waals surface area (Å²) >= 11 is 0. The van der Waals surface area contributed by atoms with E-state index < -0.39 is 29.8 Å². The molecule has 0 aliphatic carbocycles. The number of hydrogen-bond donors (Lipinski definition) is 3. The summed E-state index contributed by atoms with van der Waals surface area (Å²) in [5.74, 6) is -1.90. The molecule has 0 bridgehead atoms. The van der Waals surface area contributed by atoms with E-state index in [-0.39, 0.29) is 24.9 Å². The van der Waals surface area contributed by atoms with Crippen LogP contribution < -0.4 is 16.0 Å². The van der Waals surface area contributed by atoms with E-state index in [0.717, 1.165) is 5.56 Å². The number of rotatable bonds is 5. The predicted octanol–water partition coefficient (Wildman–Crippen LogP) is 0.347. The summed E-state index contributed by atoms with van der Waals surface area (Å²) in [7, 11) is 1.70. The van der Waals surface area contributed by atoms with Gasteiger partial charge >= 0.3 is 5.76 Å². The molecule has 2 aromatic carbocycles. The van der Waals surface area contributed by atoms with E-state index in [1.807, 2.05) is 0 Å². The van der Waals surface area contributed by atoms with E-state index in [0.29, 0.717) is 29.0 Å². The molecule has 3 heterocycles. The van der Waals surface area contributed by atoms with Gasteiger partial charge in [-0.3, -0.25) is 23.9 Å². The number of benzene rings is 2. The number of aliphatic hydroxyl groups excluding tert-OH is 1. The molecular weight excluding hydrogens is 458 g/mol. The van der Waals surface area contributed by atoms with E-state index in [2.05, 4.69) is 20.0 Å². The van der Waals surface area contributed by atoms with Crippen molar-refractivity contribution >= 4 is 29.1 Å². The van der Waals surface area contributed by atoms with Gasteiger partial charge in [0.1, 0.15) is 0 Å². The number of carbonyl (C=O) groups excluding carboxylic acids is 3. The largest absolute Gasteiger partial charge is 0.439 e. The molecule has 3 amide bonds. The van der Waals surface area contributed by atoms with Crippen molar-refractivity contribution in [1.29, 1.82) is 0 Å². The molecule has 12 nitrogen and oxygen atoms in total. The van der Waals surface area contributed by atoms with Gasteiger partial charge < -0.3 is 25.0 Å². The second-order valence-electron chi connectivity index (χ2n) is 8.24. The van der Waals surface area contributed by atoms with Gasteiger partial charge in [0.2, 0.25) is 0 Å². The zero-order valence-electron chi connectivity index (χ0n) is 18.6. The topological polar surface area (TPSA) is 158 Å². The third-order valence-corrected chi connectivity index (χ3v) is 5.93. The van der Waals surface area contributed by atoms with Crippen LogP contribution in [0, 0.1) is 0 Å². The van der Waals surface area contributed by atoms with Crippen molar-refractivity contribution in [2.75, 3.05) is 30.4 Å². The van der Waals surface area contributed by atoms with Crippen LogP contribution in [-0.2, 0) is 20.9 Å². The van der Waals surface area contributed by atoms with E-state index in [1.165, 1.54) is 4.90 Å². The third-order valence-electron chi connectivity index (χ3n) is 5.93. The van der Waals surface area contributed by atoms with Crippen molar-refractivity contribution in [3.63, 3.8) is 0 Å². The lowest BCUT2D eigenvalue weighted by Gasteiger charge is -2.34. The lowest BCUT2D eigenvalue weighted by molar-refractivity contribution is -0.150. The van der Waals surface area contributed by atoms with Crippen molar-refractivity contribution in [1.82, 2.24) is 15.0 Å². The van der Waals surface area contributed by atoms with Crippen LogP contribution in [-0.4, -0.2) is 70.3 Å². The molecule has 180 valence electrons. The first kappa shape index (κ1) is 22.5. The molecule has 5 rings (SSSR count). The zero-order chi connectivity index (χ0) is 24.7. The summed E-state index contributed by atoms with van der Waals surface area (Å²) in [4.78, 5) is 54.4. The molecular formula is C23H21N5O7. The van der Waals surface area contributed by atoms with Crippen LogP contribution in [0.1, 0.15) is 15.9 Å². The first-order valence-corrected chi connectivity index (χ1v) is 10.8. The Kier molecular flexibility index (Phi) is 5.67. The maximum atomic E-state index is 13.1. The highest BCUT2D eigenvalue weighted by molar-refractivity contribution is 6.04. The van der Waals surface area contributed by atoms with Crippen molar-refractivity contribution < 1.29 is 28.8 Å². The van der Waals surface area contributed by atoms with Crippen LogP contribution in [0.25, 0.3) is 11.4 Å². The van der Waals surface area contributed by atoms with Gasteiger partial charge in [0.15, 0.2) is 18.0 Å². The van der Waals surface area contributed by atoms with Gasteiger partial charge in [0, 0.05) is 42.6 Å². The molecule has 2 aliphatic rings. The molecule has 1 fully saturated rings.